The Bertz CT molecular complexity index is 715. The largest absolute Gasteiger partial charge is 0.349 e. The normalized spacial score (nSPS) is 12.0. The Morgan fingerprint density at radius 2 is 1.91 bits per heavy atom. The monoisotopic (exact) mass is 333 g/mol. The summed E-state index contributed by atoms with van der Waals surface area (Å²) in [5.74, 6) is -0.650. The smallest absolute Gasteiger partial charge is 0.225 e. The highest BCUT2D eigenvalue weighted by molar-refractivity contribution is 6.30. The number of benzene rings is 2. The van der Waals surface area contributed by atoms with Crippen LogP contribution in [0.15, 0.2) is 36.4 Å². The van der Waals surface area contributed by atoms with Crippen LogP contribution in [0.1, 0.15) is 41.6 Å². The number of nitrogens with one attached hydrogen (secondary N) is 1. The van der Waals surface area contributed by atoms with E-state index in [-0.39, 0.29) is 18.4 Å². The van der Waals surface area contributed by atoms with E-state index in [1.165, 1.54) is 17.2 Å². The van der Waals surface area contributed by atoms with Crippen molar-refractivity contribution in [3.8, 4) is 0 Å². The van der Waals surface area contributed by atoms with Gasteiger partial charge in [-0.05, 0) is 54.7 Å². The minimum absolute atomic E-state index is 0.00431. The molecule has 23 heavy (non-hydrogen) atoms. The van der Waals surface area contributed by atoms with Crippen LogP contribution in [0.3, 0.4) is 0 Å². The first-order valence-corrected chi connectivity index (χ1v) is 8.09. The van der Waals surface area contributed by atoms with Crippen molar-refractivity contribution in [3.63, 3.8) is 0 Å². The number of hydrogen-bond acceptors (Lipinski definition) is 1. The van der Waals surface area contributed by atoms with Gasteiger partial charge in [0.2, 0.25) is 5.91 Å². The number of halogens is 2. The van der Waals surface area contributed by atoms with Crippen molar-refractivity contribution in [2.75, 3.05) is 0 Å². The van der Waals surface area contributed by atoms with E-state index in [4.69, 9.17) is 11.6 Å². The molecule has 0 unspecified atom stereocenters. The van der Waals surface area contributed by atoms with Gasteiger partial charge in [0, 0.05) is 5.02 Å². The molecule has 1 amide bonds. The maximum Gasteiger partial charge on any atom is 0.225 e. The molecule has 0 aliphatic carbocycles. The summed E-state index contributed by atoms with van der Waals surface area (Å²) in [6.07, 6.45) is 0.779. The average Bonchev–Trinajstić information content (AvgIpc) is 2.50. The summed E-state index contributed by atoms with van der Waals surface area (Å²) < 4.78 is 13.8. The summed E-state index contributed by atoms with van der Waals surface area (Å²) in [4.78, 5) is 12.2. The summed E-state index contributed by atoms with van der Waals surface area (Å²) in [5.41, 5.74) is 3.83. The number of hydrogen-bond donors (Lipinski definition) is 1. The molecule has 0 aliphatic heterocycles. The molecular weight excluding hydrogens is 313 g/mol. The van der Waals surface area contributed by atoms with Crippen LogP contribution in [0, 0.1) is 19.7 Å². The molecule has 2 aromatic rings. The van der Waals surface area contributed by atoms with E-state index >= 15 is 0 Å². The maximum atomic E-state index is 13.8. The highest BCUT2D eigenvalue weighted by atomic mass is 35.5. The van der Waals surface area contributed by atoms with Gasteiger partial charge in [-0.25, -0.2) is 4.39 Å². The minimum Gasteiger partial charge on any atom is -0.349 e. The fraction of sp³-hybridized carbons (Fsp3) is 0.316. The molecular formula is C19H21ClFNO. The van der Waals surface area contributed by atoms with Crippen LogP contribution in [0.5, 0.6) is 0 Å². The first-order valence-electron chi connectivity index (χ1n) is 7.71. The first-order chi connectivity index (χ1) is 10.9. The van der Waals surface area contributed by atoms with Crippen LogP contribution in [-0.2, 0) is 11.2 Å². The molecule has 0 saturated carbocycles. The molecule has 2 rings (SSSR count). The fourth-order valence-corrected chi connectivity index (χ4v) is 2.64. The summed E-state index contributed by atoms with van der Waals surface area (Å²) in [7, 11) is 0. The average molecular weight is 334 g/mol. The Labute approximate surface area is 141 Å². The zero-order valence-corrected chi connectivity index (χ0v) is 14.4. The predicted octanol–water partition coefficient (Wildman–Crippen LogP) is 4.91. The molecule has 1 N–H and O–H groups in total. The number of rotatable bonds is 5. The number of carbonyl (C=O) groups excluding carboxylic acids is 1. The topological polar surface area (TPSA) is 29.1 Å². The SMILES string of the molecule is CC[C@H](NC(=O)Cc1ccc(Cl)cc1F)c1ccc(C)c(C)c1. The van der Waals surface area contributed by atoms with Crippen LogP contribution in [-0.4, -0.2) is 5.91 Å². The van der Waals surface area contributed by atoms with Gasteiger partial charge < -0.3 is 5.32 Å². The lowest BCUT2D eigenvalue weighted by molar-refractivity contribution is -0.121. The molecule has 2 aromatic carbocycles. The van der Waals surface area contributed by atoms with Crippen LogP contribution in [0.25, 0.3) is 0 Å². The molecule has 0 aliphatic rings. The van der Waals surface area contributed by atoms with Crippen molar-refractivity contribution >= 4 is 17.5 Å². The molecule has 122 valence electrons. The van der Waals surface area contributed by atoms with Crippen molar-refractivity contribution in [3.05, 3.63) is 69.5 Å². The van der Waals surface area contributed by atoms with Crippen LogP contribution < -0.4 is 5.32 Å². The molecule has 1 atom stereocenters. The van der Waals surface area contributed by atoms with Crippen molar-refractivity contribution in [1.82, 2.24) is 5.32 Å². The zero-order chi connectivity index (χ0) is 17.0. The second kappa shape index (κ2) is 7.60. The van der Waals surface area contributed by atoms with E-state index in [0.717, 1.165) is 12.0 Å². The third-order valence-corrected chi connectivity index (χ3v) is 4.28. The van der Waals surface area contributed by atoms with Crippen molar-refractivity contribution in [1.29, 1.82) is 0 Å². The Morgan fingerprint density at radius 1 is 1.17 bits per heavy atom. The Balaban J connectivity index is 2.08. The summed E-state index contributed by atoms with van der Waals surface area (Å²) in [6.45, 7) is 6.13. The molecule has 0 fully saturated rings. The van der Waals surface area contributed by atoms with E-state index in [1.807, 2.05) is 13.0 Å². The van der Waals surface area contributed by atoms with E-state index in [9.17, 15) is 9.18 Å². The first kappa shape index (κ1) is 17.5. The van der Waals surface area contributed by atoms with Crippen LogP contribution in [0.2, 0.25) is 5.02 Å². The van der Waals surface area contributed by atoms with E-state index < -0.39 is 5.82 Å². The molecule has 2 nitrogen and oxygen atoms in total. The lowest BCUT2D eigenvalue weighted by Crippen LogP contribution is -2.29. The van der Waals surface area contributed by atoms with Crippen LogP contribution >= 0.6 is 11.6 Å². The lowest BCUT2D eigenvalue weighted by atomic mass is 9.99. The van der Waals surface area contributed by atoms with E-state index in [2.05, 4.69) is 31.3 Å². The highest BCUT2D eigenvalue weighted by Gasteiger charge is 2.15. The molecule has 0 spiro atoms. The lowest BCUT2D eigenvalue weighted by Gasteiger charge is -2.19. The summed E-state index contributed by atoms with van der Waals surface area (Å²) in [5, 5.41) is 3.31. The van der Waals surface area contributed by atoms with Crippen molar-refractivity contribution in [2.45, 2.75) is 39.7 Å². The van der Waals surface area contributed by atoms with Crippen molar-refractivity contribution < 1.29 is 9.18 Å². The van der Waals surface area contributed by atoms with Gasteiger partial charge in [-0.3, -0.25) is 4.79 Å². The molecule has 0 saturated heterocycles. The number of amides is 1. The molecule has 0 bridgehead atoms. The summed E-state index contributed by atoms with van der Waals surface area (Å²) in [6, 6.07) is 10.5. The highest BCUT2D eigenvalue weighted by Crippen LogP contribution is 2.20. The van der Waals surface area contributed by atoms with E-state index in [1.54, 1.807) is 12.1 Å². The number of aryl methyl sites for hydroxylation is 2. The predicted molar refractivity (Wildman–Crippen MR) is 92.2 cm³/mol. The van der Waals surface area contributed by atoms with Gasteiger partial charge in [0.1, 0.15) is 5.82 Å². The Kier molecular flexibility index (Phi) is 5.78. The van der Waals surface area contributed by atoms with Gasteiger partial charge in [-0.2, -0.15) is 0 Å². The van der Waals surface area contributed by atoms with Gasteiger partial charge in [-0.1, -0.05) is 42.8 Å². The van der Waals surface area contributed by atoms with Gasteiger partial charge in [-0.15, -0.1) is 0 Å². The zero-order valence-electron chi connectivity index (χ0n) is 13.6. The van der Waals surface area contributed by atoms with Gasteiger partial charge in [0.05, 0.1) is 12.5 Å². The molecule has 4 heteroatoms. The quantitative estimate of drug-likeness (QED) is 0.828. The third kappa shape index (κ3) is 4.55. The van der Waals surface area contributed by atoms with Crippen LogP contribution in [0.4, 0.5) is 4.39 Å². The van der Waals surface area contributed by atoms with E-state index in [0.29, 0.717) is 10.6 Å². The fourth-order valence-electron chi connectivity index (χ4n) is 2.49. The minimum atomic E-state index is -0.452. The van der Waals surface area contributed by atoms with Gasteiger partial charge in [0.15, 0.2) is 0 Å². The third-order valence-electron chi connectivity index (χ3n) is 4.04. The van der Waals surface area contributed by atoms with Gasteiger partial charge in [0.25, 0.3) is 0 Å². The molecule has 0 radical (unpaired) electrons. The second-order valence-electron chi connectivity index (χ2n) is 5.78. The molecule has 0 aromatic heterocycles. The van der Waals surface area contributed by atoms with Gasteiger partial charge >= 0.3 is 0 Å². The summed E-state index contributed by atoms with van der Waals surface area (Å²) >= 11 is 5.73. The maximum absolute atomic E-state index is 13.8. The molecule has 0 heterocycles. The Hall–Kier alpha value is -1.87. The standard InChI is InChI=1S/C19H21ClFNO/c1-4-18(15-6-5-12(2)13(3)9-15)22-19(23)10-14-7-8-16(20)11-17(14)21/h5-9,11,18H,4,10H2,1-3H3,(H,22,23)/t18-/m0/s1. The van der Waals surface area contributed by atoms with Crippen molar-refractivity contribution in [2.24, 2.45) is 0 Å². The number of carbonyl (C=O) groups is 1. The second-order valence-corrected chi connectivity index (χ2v) is 6.22. The Morgan fingerprint density at radius 3 is 2.52 bits per heavy atom.